The smallest absolute Gasteiger partial charge is 0.266 e. The maximum Gasteiger partial charge on any atom is 0.266 e. The summed E-state index contributed by atoms with van der Waals surface area (Å²) in [5.74, 6) is 0.326. The van der Waals surface area contributed by atoms with Crippen molar-refractivity contribution in [2.24, 2.45) is 0 Å². The first-order valence-corrected chi connectivity index (χ1v) is 8.60. The Morgan fingerprint density at radius 2 is 1.78 bits per heavy atom. The molecule has 0 aliphatic carbocycles. The minimum Gasteiger partial charge on any atom is -0.496 e. The van der Waals surface area contributed by atoms with Crippen molar-refractivity contribution in [3.05, 3.63) is 76.9 Å². The summed E-state index contributed by atoms with van der Waals surface area (Å²) < 4.78 is 5.40. The lowest BCUT2D eigenvalue weighted by atomic mass is 10.0. The Balaban J connectivity index is 2.00. The van der Waals surface area contributed by atoms with E-state index in [1.165, 1.54) is 0 Å². The van der Waals surface area contributed by atoms with Crippen LogP contribution in [0.4, 0.5) is 5.69 Å². The highest BCUT2D eigenvalue weighted by Crippen LogP contribution is 2.29. The number of nitrogens with zero attached hydrogens (tertiary/aromatic N) is 1. The quantitative estimate of drug-likeness (QED) is 0.528. The van der Waals surface area contributed by atoms with Gasteiger partial charge in [0.15, 0.2) is 0 Å². The molecule has 1 N–H and O–H groups in total. The standard InChI is InChI=1S/C23H20N2O2/c1-15-7-6-10-21(16(15)2)25-23(26)18(14-24)13-17-11-12-22(27-3)20-9-5-4-8-19(17)20/h4-13H,1-3H3,(H,25,26)/b18-13+. The third kappa shape index (κ3) is 3.68. The molecular weight excluding hydrogens is 336 g/mol. The SMILES string of the molecule is COc1ccc(/C=C(\C#N)C(=O)Nc2cccc(C)c2C)c2ccccc12. The number of carbonyl (C=O) groups excluding carboxylic acids is 1. The summed E-state index contributed by atoms with van der Waals surface area (Å²) in [6.07, 6.45) is 1.61. The number of nitrogens with one attached hydrogen (secondary N) is 1. The zero-order valence-electron chi connectivity index (χ0n) is 15.5. The normalized spacial score (nSPS) is 11.1. The van der Waals surface area contributed by atoms with Crippen molar-refractivity contribution < 1.29 is 9.53 Å². The Labute approximate surface area is 158 Å². The van der Waals surface area contributed by atoms with Crippen LogP contribution >= 0.6 is 0 Å². The van der Waals surface area contributed by atoms with Crippen LogP contribution in [0.25, 0.3) is 16.8 Å². The van der Waals surface area contributed by atoms with E-state index in [9.17, 15) is 10.1 Å². The molecule has 0 aromatic heterocycles. The number of methoxy groups -OCH3 is 1. The predicted octanol–water partition coefficient (Wildman–Crippen LogP) is 5.01. The summed E-state index contributed by atoms with van der Waals surface area (Å²) in [6.45, 7) is 3.92. The number of anilines is 1. The minimum atomic E-state index is -0.425. The van der Waals surface area contributed by atoms with Crippen LogP contribution in [0.2, 0.25) is 0 Å². The molecule has 0 fully saturated rings. The fourth-order valence-electron chi connectivity index (χ4n) is 2.98. The number of rotatable bonds is 4. The Hall–Kier alpha value is -3.58. The number of amides is 1. The van der Waals surface area contributed by atoms with Gasteiger partial charge >= 0.3 is 0 Å². The number of hydrogen-bond acceptors (Lipinski definition) is 3. The van der Waals surface area contributed by atoms with Crippen molar-refractivity contribution >= 4 is 28.4 Å². The highest BCUT2D eigenvalue weighted by atomic mass is 16.5. The van der Waals surface area contributed by atoms with Gasteiger partial charge in [0, 0.05) is 11.1 Å². The molecule has 1 amide bonds. The molecule has 3 aromatic carbocycles. The fraction of sp³-hybridized carbons (Fsp3) is 0.130. The maximum atomic E-state index is 12.6. The van der Waals surface area contributed by atoms with E-state index in [1.54, 1.807) is 13.2 Å². The van der Waals surface area contributed by atoms with Gasteiger partial charge in [-0.3, -0.25) is 4.79 Å². The molecule has 0 heterocycles. The molecule has 0 bridgehead atoms. The molecule has 134 valence electrons. The van der Waals surface area contributed by atoms with Crippen LogP contribution < -0.4 is 10.1 Å². The monoisotopic (exact) mass is 356 g/mol. The summed E-state index contributed by atoms with van der Waals surface area (Å²) in [5.41, 5.74) is 3.61. The van der Waals surface area contributed by atoms with E-state index in [2.05, 4.69) is 5.32 Å². The van der Waals surface area contributed by atoms with Crippen LogP contribution in [0, 0.1) is 25.2 Å². The van der Waals surface area contributed by atoms with Crippen molar-refractivity contribution in [2.75, 3.05) is 12.4 Å². The summed E-state index contributed by atoms with van der Waals surface area (Å²) in [5, 5.41) is 14.2. The first-order chi connectivity index (χ1) is 13.0. The van der Waals surface area contributed by atoms with Gasteiger partial charge in [-0.1, -0.05) is 42.5 Å². The number of carbonyl (C=O) groups is 1. The van der Waals surface area contributed by atoms with Crippen molar-refractivity contribution in [1.29, 1.82) is 5.26 Å². The molecule has 0 aliphatic rings. The van der Waals surface area contributed by atoms with Gasteiger partial charge in [0.05, 0.1) is 7.11 Å². The summed E-state index contributed by atoms with van der Waals surface area (Å²) >= 11 is 0. The maximum absolute atomic E-state index is 12.6. The summed E-state index contributed by atoms with van der Waals surface area (Å²) in [4.78, 5) is 12.6. The third-order valence-electron chi connectivity index (χ3n) is 4.66. The van der Waals surface area contributed by atoms with Crippen molar-refractivity contribution in [3.63, 3.8) is 0 Å². The molecule has 0 atom stereocenters. The molecule has 3 rings (SSSR count). The molecule has 0 saturated carbocycles. The van der Waals surface area contributed by atoms with Gasteiger partial charge in [-0.05, 0) is 54.1 Å². The number of ether oxygens (including phenoxy) is 1. The molecule has 3 aromatic rings. The lowest BCUT2D eigenvalue weighted by molar-refractivity contribution is -0.112. The summed E-state index contributed by atoms with van der Waals surface area (Å²) in [7, 11) is 1.62. The first kappa shape index (κ1) is 18.2. The Bertz CT molecular complexity index is 1090. The van der Waals surface area contributed by atoms with E-state index in [1.807, 2.05) is 74.5 Å². The number of benzene rings is 3. The van der Waals surface area contributed by atoms with E-state index in [4.69, 9.17) is 4.74 Å². The van der Waals surface area contributed by atoms with Crippen molar-refractivity contribution in [3.8, 4) is 11.8 Å². The molecule has 0 unspecified atom stereocenters. The van der Waals surface area contributed by atoms with Gasteiger partial charge in [-0.2, -0.15) is 5.26 Å². The largest absolute Gasteiger partial charge is 0.496 e. The molecule has 0 aliphatic heterocycles. The van der Waals surface area contributed by atoms with Crippen molar-refractivity contribution in [2.45, 2.75) is 13.8 Å². The average Bonchev–Trinajstić information content (AvgIpc) is 2.69. The highest BCUT2D eigenvalue weighted by Gasteiger charge is 2.13. The van der Waals surface area contributed by atoms with E-state index in [0.29, 0.717) is 5.69 Å². The summed E-state index contributed by atoms with van der Waals surface area (Å²) in [6, 6.07) is 19.1. The van der Waals surface area contributed by atoms with Crippen LogP contribution in [-0.2, 0) is 4.79 Å². The molecule has 4 nitrogen and oxygen atoms in total. The predicted molar refractivity (Wildman–Crippen MR) is 109 cm³/mol. The zero-order valence-corrected chi connectivity index (χ0v) is 15.5. The number of hydrogen-bond donors (Lipinski definition) is 1. The molecule has 0 saturated heterocycles. The number of fused-ring (bicyclic) bond motifs is 1. The topological polar surface area (TPSA) is 62.1 Å². The Morgan fingerprint density at radius 1 is 1.04 bits per heavy atom. The molecule has 0 spiro atoms. The van der Waals surface area contributed by atoms with Crippen LogP contribution in [0.3, 0.4) is 0 Å². The fourth-order valence-corrected chi connectivity index (χ4v) is 2.98. The zero-order chi connectivity index (χ0) is 19.4. The van der Waals surface area contributed by atoms with Gasteiger partial charge in [0.1, 0.15) is 17.4 Å². The van der Waals surface area contributed by atoms with E-state index < -0.39 is 5.91 Å². The van der Waals surface area contributed by atoms with Gasteiger partial charge < -0.3 is 10.1 Å². The van der Waals surface area contributed by atoms with E-state index in [0.717, 1.165) is 33.2 Å². The second kappa shape index (κ2) is 7.76. The van der Waals surface area contributed by atoms with E-state index in [-0.39, 0.29) is 5.57 Å². The van der Waals surface area contributed by atoms with Crippen LogP contribution in [0.5, 0.6) is 5.75 Å². The van der Waals surface area contributed by atoms with Gasteiger partial charge in [-0.15, -0.1) is 0 Å². The van der Waals surface area contributed by atoms with E-state index >= 15 is 0 Å². The minimum absolute atomic E-state index is 0.0474. The Kier molecular flexibility index (Phi) is 5.23. The van der Waals surface area contributed by atoms with Crippen LogP contribution in [0.1, 0.15) is 16.7 Å². The molecule has 0 radical (unpaired) electrons. The lowest BCUT2D eigenvalue weighted by Gasteiger charge is -2.11. The van der Waals surface area contributed by atoms with Crippen molar-refractivity contribution in [1.82, 2.24) is 0 Å². The lowest BCUT2D eigenvalue weighted by Crippen LogP contribution is -2.14. The molecule has 27 heavy (non-hydrogen) atoms. The second-order valence-corrected chi connectivity index (χ2v) is 6.27. The average molecular weight is 356 g/mol. The second-order valence-electron chi connectivity index (χ2n) is 6.27. The number of aryl methyl sites for hydroxylation is 1. The van der Waals surface area contributed by atoms with Crippen LogP contribution in [-0.4, -0.2) is 13.0 Å². The van der Waals surface area contributed by atoms with Gasteiger partial charge in [0.2, 0.25) is 0 Å². The Morgan fingerprint density at radius 3 is 2.48 bits per heavy atom. The van der Waals surface area contributed by atoms with Crippen LogP contribution in [0.15, 0.2) is 60.2 Å². The molecule has 4 heteroatoms. The highest BCUT2D eigenvalue weighted by molar-refractivity contribution is 6.11. The van der Waals surface area contributed by atoms with Gasteiger partial charge in [0.25, 0.3) is 5.91 Å². The molecular formula is C23H20N2O2. The number of nitriles is 1. The third-order valence-corrected chi connectivity index (χ3v) is 4.66. The van der Waals surface area contributed by atoms with Gasteiger partial charge in [-0.25, -0.2) is 0 Å². The first-order valence-electron chi connectivity index (χ1n) is 8.60.